The predicted molar refractivity (Wildman–Crippen MR) is 64.2 cm³/mol. The number of hydrogen-bond acceptors (Lipinski definition) is 3. The smallest absolute Gasteiger partial charge is 0.0586 e. The Kier molecular flexibility index (Phi) is 3.91. The highest BCUT2D eigenvalue weighted by Crippen LogP contribution is 2.21. The molecule has 0 saturated heterocycles. The Labute approximate surface area is 97.2 Å². The first-order valence-electron chi connectivity index (χ1n) is 5.95. The van der Waals surface area contributed by atoms with Crippen LogP contribution in [0.4, 0.5) is 0 Å². The monoisotopic (exact) mass is 220 g/mol. The lowest BCUT2D eigenvalue weighted by atomic mass is 10.1. The maximum atomic E-state index is 5.36. The minimum Gasteiger partial charge on any atom is -0.381 e. The van der Waals surface area contributed by atoms with Gasteiger partial charge in [0.25, 0.3) is 0 Å². The first kappa shape index (κ1) is 11.6. The normalized spacial score (nSPS) is 24.9. The summed E-state index contributed by atoms with van der Waals surface area (Å²) in [6.45, 7) is 3.05. The summed E-state index contributed by atoms with van der Waals surface area (Å²) in [7, 11) is 1.80. The summed E-state index contributed by atoms with van der Waals surface area (Å²) >= 11 is 0. The Balaban J connectivity index is 1.82. The van der Waals surface area contributed by atoms with Gasteiger partial charge in [0.05, 0.1) is 6.10 Å². The number of nitrogens with one attached hydrogen (secondary N) is 1. The van der Waals surface area contributed by atoms with E-state index in [1.54, 1.807) is 7.11 Å². The van der Waals surface area contributed by atoms with Crippen molar-refractivity contribution < 1.29 is 4.74 Å². The molecule has 0 radical (unpaired) electrons. The molecule has 0 aliphatic heterocycles. The van der Waals surface area contributed by atoms with Gasteiger partial charge in [-0.25, -0.2) is 0 Å². The minimum absolute atomic E-state index is 0.451. The summed E-state index contributed by atoms with van der Waals surface area (Å²) in [4.78, 5) is 4.16. The minimum atomic E-state index is 0.451. The molecule has 1 aromatic rings. The van der Waals surface area contributed by atoms with Gasteiger partial charge in [0.1, 0.15) is 0 Å². The van der Waals surface area contributed by atoms with Crippen molar-refractivity contribution in [1.29, 1.82) is 0 Å². The van der Waals surface area contributed by atoms with Crippen LogP contribution in [0, 0.1) is 6.92 Å². The van der Waals surface area contributed by atoms with Crippen LogP contribution in [0.25, 0.3) is 0 Å². The largest absolute Gasteiger partial charge is 0.381 e. The van der Waals surface area contributed by atoms with Gasteiger partial charge in [-0.15, -0.1) is 0 Å². The van der Waals surface area contributed by atoms with E-state index in [0.29, 0.717) is 12.1 Å². The van der Waals surface area contributed by atoms with Crippen molar-refractivity contribution >= 4 is 0 Å². The third-order valence-corrected chi connectivity index (χ3v) is 3.45. The number of ether oxygens (including phenoxy) is 1. The van der Waals surface area contributed by atoms with Crippen LogP contribution in [-0.2, 0) is 11.3 Å². The molecular formula is C13H20N2O. The van der Waals surface area contributed by atoms with E-state index in [9.17, 15) is 0 Å². The highest BCUT2D eigenvalue weighted by Gasteiger charge is 2.23. The lowest BCUT2D eigenvalue weighted by molar-refractivity contribution is 0.107. The zero-order chi connectivity index (χ0) is 11.4. The quantitative estimate of drug-likeness (QED) is 0.843. The van der Waals surface area contributed by atoms with Crippen molar-refractivity contribution in [1.82, 2.24) is 10.3 Å². The molecule has 1 aliphatic carbocycles. The molecule has 1 fully saturated rings. The number of rotatable bonds is 4. The van der Waals surface area contributed by atoms with Crippen LogP contribution >= 0.6 is 0 Å². The molecular weight excluding hydrogens is 200 g/mol. The SMILES string of the molecule is COC1CCC(NCc2cnccc2C)C1. The molecule has 88 valence electrons. The number of aromatic nitrogens is 1. The Morgan fingerprint density at radius 3 is 3.06 bits per heavy atom. The Morgan fingerprint density at radius 1 is 1.50 bits per heavy atom. The molecule has 1 aliphatic rings. The first-order chi connectivity index (χ1) is 7.79. The molecule has 1 heterocycles. The van der Waals surface area contributed by atoms with Crippen LogP contribution in [0.1, 0.15) is 30.4 Å². The molecule has 2 unspecified atom stereocenters. The van der Waals surface area contributed by atoms with E-state index >= 15 is 0 Å². The van der Waals surface area contributed by atoms with Crippen LogP contribution < -0.4 is 5.32 Å². The topological polar surface area (TPSA) is 34.1 Å². The zero-order valence-electron chi connectivity index (χ0n) is 10.1. The van der Waals surface area contributed by atoms with Gasteiger partial charge in [0.15, 0.2) is 0 Å². The predicted octanol–water partition coefficient (Wildman–Crippen LogP) is 2.05. The first-order valence-corrected chi connectivity index (χ1v) is 5.95. The van der Waals surface area contributed by atoms with Crippen LogP contribution in [0.3, 0.4) is 0 Å². The van der Waals surface area contributed by atoms with Gasteiger partial charge in [0, 0.05) is 32.1 Å². The van der Waals surface area contributed by atoms with Gasteiger partial charge >= 0.3 is 0 Å². The van der Waals surface area contributed by atoms with Crippen molar-refractivity contribution in [3.63, 3.8) is 0 Å². The van der Waals surface area contributed by atoms with Gasteiger partial charge in [-0.05, 0) is 43.4 Å². The van der Waals surface area contributed by atoms with Gasteiger partial charge < -0.3 is 10.1 Å². The molecule has 2 rings (SSSR count). The van der Waals surface area contributed by atoms with Gasteiger partial charge in [-0.2, -0.15) is 0 Å². The number of nitrogens with zero attached hydrogens (tertiary/aromatic N) is 1. The van der Waals surface area contributed by atoms with Crippen molar-refractivity contribution in [2.24, 2.45) is 0 Å². The van der Waals surface area contributed by atoms with Gasteiger partial charge in [-0.3, -0.25) is 4.98 Å². The summed E-state index contributed by atoms with van der Waals surface area (Å²) in [6, 6.07) is 2.66. The third kappa shape index (κ3) is 2.80. The molecule has 3 nitrogen and oxygen atoms in total. The lowest BCUT2D eigenvalue weighted by Crippen LogP contribution is -2.27. The molecule has 16 heavy (non-hydrogen) atoms. The summed E-state index contributed by atoms with van der Waals surface area (Å²) in [5.41, 5.74) is 2.60. The lowest BCUT2D eigenvalue weighted by Gasteiger charge is -2.13. The fraction of sp³-hybridized carbons (Fsp3) is 0.615. The summed E-state index contributed by atoms with van der Waals surface area (Å²) in [6.07, 6.45) is 7.78. The van der Waals surface area contributed by atoms with E-state index in [1.807, 2.05) is 12.4 Å². The number of pyridine rings is 1. The van der Waals surface area contributed by atoms with E-state index in [-0.39, 0.29) is 0 Å². The van der Waals surface area contributed by atoms with Crippen LogP contribution in [0.5, 0.6) is 0 Å². The Hall–Kier alpha value is -0.930. The van der Waals surface area contributed by atoms with E-state index in [1.165, 1.54) is 24.0 Å². The Morgan fingerprint density at radius 2 is 2.38 bits per heavy atom. The summed E-state index contributed by atoms with van der Waals surface area (Å²) in [5.74, 6) is 0. The molecule has 1 N–H and O–H groups in total. The number of aryl methyl sites for hydroxylation is 1. The van der Waals surface area contributed by atoms with Crippen molar-refractivity contribution in [3.8, 4) is 0 Å². The van der Waals surface area contributed by atoms with Gasteiger partial charge in [-0.1, -0.05) is 0 Å². The average Bonchev–Trinajstić information content (AvgIpc) is 2.76. The summed E-state index contributed by atoms with van der Waals surface area (Å²) in [5, 5.41) is 3.58. The molecule has 1 saturated carbocycles. The molecule has 0 aromatic carbocycles. The Bertz CT molecular complexity index is 340. The highest BCUT2D eigenvalue weighted by molar-refractivity contribution is 5.21. The average molecular weight is 220 g/mol. The van der Waals surface area contributed by atoms with E-state index in [4.69, 9.17) is 4.74 Å². The number of hydrogen-bond donors (Lipinski definition) is 1. The molecule has 1 aromatic heterocycles. The van der Waals surface area contributed by atoms with E-state index in [2.05, 4.69) is 23.3 Å². The maximum Gasteiger partial charge on any atom is 0.0586 e. The molecule has 0 spiro atoms. The van der Waals surface area contributed by atoms with Crippen molar-refractivity contribution in [2.45, 2.75) is 44.9 Å². The molecule has 2 atom stereocenters. The summed E-state index contributed by atoms with van der Waals surface area (Å²) < 4.78 is 5.36. The number of methoxy groups -OCH3 is 1. The van der Waals surface area contributed by atoms with E-state index in [0.717, 1.165) is 13.0 Å². The zero-order valence-corrected chi connectivity index (χ0v) is 10.1. The molecule has 0 bridgehead atoms. The fourth-order valence-electron chi connectivity index (χ4n) is 2.28. The van der Waals surface area contributed by atoms with Crippen LogP contribution in [-0.4, -0.2) is 24.2 Å². The van der Waals surface area contributed by atoms with E-state index < -0.39 is 0 Å². The second kappa shape index (κ2) is 5.41. The standard InChI is InChI=1S/C13H20N2O/c1-10-5-6-14-8-11(10)9-15-12-3-4-13(7-12)16-2/h5-6,8,12-13,15H,3-4,7,9H2,1-2H3. The van der Waals surface area contributed by atoms with Crippen LogP contribution in [0.15, 0.2) is 18.5 Å². The highest BCUT2D eigenvalue weighted by atomic mass is 16.5. The second-order valence-corrected chi connectivity index (χ2v) is 4.55. The third-order valence-electron chi connectivity index (χ3n) is 3.45. The van der Waals surface area contributed by atoms with Crippen molar-refractivity contribution in [3.05, 3.63) is 29.6 Å². The molecule has 3 heteroatoms. The molecule has 0 amide bonds. The van der Waals surface area contributed by atoms with Gasteiger partial charge in [0.2, 0.25) is 0 Å². The maximum absolute atomic E-state index is 5.36. The van der Waals surface area contributed by atoms with Crippen LogP contribution in [0.2, 0.25) is 0 Å². The van der Waals surface area contributed by atoms with Crippen molar-refractivity contribution in [2.75, 3.05) is 7.11 Å². The fourth-order valence-corrected chi connectivity index (χ4v) is 2.28. The second-order valence-electron chi connectivity index (χ2n) is 4.55.